The maximum Gasteiger partial charge on any atom is 0.214 e. The fourth-order valence-electron chi connectivity index (χ4n) is 4.42. The average Bonchev–Trinajstić information content (AvgIpc) is 3.30. The monoisotopic (exact) mass is 584 g/mol. The van der Waals surface area contributed by atoms with Crippen LogP contribution in [0, 0.1) is 0 Å². The van der Waals surface area contributed by atoms with Crippen molar-refractivity contribution < 1.29 is 14.2 Å². The molecular formula is C27H26Br2N2O3. The molecule has 0 unspecified atom stereocenters. The van der Waals surface area contributed by atoms with Crippen molar-refractivity contribution in [2.45, 2.75) is 38.5 Å². The molecule has 2 atom stereocenters. The number of rotatable bonds is 7. The number of hydrazone groups is 1. The molecule has 34 heavy (non-hydrogen) atoms. The van der Waals surface area contributed by atoms with Gasteiger partial charge in [0.2, 0.25) is 6.23 Å². The van der Waals surface area contributed by atoms with Gasteiger partial charge in [0.1, 0.15) is 5.75 Å². The Hall–Kier alpha value is -2.51. The molecule has 176 valence electrons. The van der Waals surface area contributed by atoms with E-state index < -0.39 is 6.23 Å². The van der Waals surface area contributed by atoms with Gasteiger partial charge >= 0.3 is 0 Å². The van der Waals surface area contributed by atoms with Gasteiger partial charge in [0.25, 0.3) is 0 Å². The summed E-state index contributed by atoms with van der Waals surface area (Å²) in [5.41, 5.74) is 4.25. The van der Waals surface area contributed by atoms with Gasteiger partial charge in [-0.2, -0.15) is 5.10 Å². The van der Waals surface area contributed by atoms with Crippen molar-refractivity contribution in [1.82, 2.24) is 5.01 Å². The third-order valence-electron chi connectivity index (χ3n) is 6.14. The van der Waals surface area contributed by atoms with Gasteiger partial charge in [0, 0.05) is 22.0 Å². The molecule has 0 radical (unpaired) electrons. The van der Waals surface area contributed by atoms with Crippen LogP contribution in [0.2, 0.25) is 0 Å². The molecule has 0 amide bonds. The number of nitrogens with zero attached hydrogens (tertiary/aromatic N) is 2. The lowest BCUT2D eigenvalue weighted by Gasteiger charge is -2.38. The van der Waals surface area contributed by atoms with E-state index in [-0.39, 0.29) is 6.04 Å². The summed E-state index contributed by atoms with van der Waals surface area (Å²) in [6, 6.07) is 20.5. The van der Waals surface area contributed by atoms with Crippen LogP contribution in [0.15, 0.2) is 74.7 Å². The molecule has 0 fully saturated rings. The van der Waals surface area contributed by atoms with Crippen LogP contribution in [0.25, 0.3) is 0 Å². The second kappa shape index (κ2) is 10.0. The molecule has 0 saturated heterocycles. The summed E-state index contributed by atoms with van der Waals surface area (Å²) in [5, 5.41) is 7.14. The summed E-state index contributed by atoms with van der Waals surface area (Å²) in [6.45, 7) is 2.82. The summed E-state index contributed by atoms with van der Waals surface area (Å²) >= 11 is 7.35. The van der Waals surface area contributed by atoms with Crippen LogP contribution in [-0.4, -0.2) is 24.4 Å². The molecule has 0 aliphatic carbocycles. The Balaban J connectivity index is 1.55. The summed E-state index contributed by atoms with van der Waals surface area (Å²) in [5.74, 6) is 2.29. The first-order valence-corrected chi connectivity index (χ1v) is 13.0. The summed E-state index contributed by atoms with van der Waals surface area (Å²) in [4.78, 5) is 0. The highest BCUT2D eigenvalue weighted by Gasteiger charge is 2.42. The largest absolute Gasteiger partial charge is 0.493 e. The first-order valence-electron chi connectivity index (χ1n) is 11.5. The molecule has 3 aromatic rings. The third-order valence-corrected chi connectivity index (χ3v) is 7.19. The van der Waals surface area contributed by atoms with Crippen LogP contribution >= 0.6 is 31.9 Å². The second-order valence-corrected chi connectivity index (χ2v) is 10.2. The minimum atomic E-state index is -0.394. The molecule has 0 aromatic heterocycles. The Morgan fingerprint density at radius 3 is 2.65 bits per heavy atom. The summed E-state index contributed by atoms with van der Waals surface area (Å²) in [6.07, 6.45) is 2.49. The van der Waals surface area contributed by atoms with Crippen molar-refractivity contribution in [2.24, 2.45) is 5.10 Å². The van der Waals surface area contributed by atoms with Gasteiger partial charge < -0.3 is 14.2 Å². The second-order valence-electron chi connectivity index (χ2n) is 8.40. The molecule has 2 aliphatic rings. The Labute approximate surface area is 217 Å². The number of fused-ring (bicyclic) bond motifs is 3. The third kappa shape index (κ3) is 4.43. The van der Waals surface area contributed by atoms with Crippen molar-refractivity contribution in [3.8, 4) is 17.2 Å². The molecule has 2 aliphatic heterocycles. The van der Waals surface area contributed by atoms with Crippen molar-refractivity contribution in [3.05, 3.63) is 86.3 Å². The lowest BCUT2D eigenvalue weighted by molar-refractivity contribution is -0.0198. The first-order chi connectivity index (χ1) is 16.6. The van der Waals surface area contributed by atoms with Crippen LogP contribution in [0.4, 0.5) is 0 Å². The highest BCUT2D eigenvalue weighted by Crippen LogP contribution is 2.51. The topological polar surface area (TPSA) is 43.3 Å². The van der Waals surface area contributed by atoms with Gasteiger partial charge in [0.15, 0.2) is 11.5 Å². The number of ether oxygens (including phenoxy) is 3. The number of benzene rings is 3. The lowest BCUT2D eigenvalue weighted by atomic mass is 9.96. The van der Waals surface area contributed by atoms with Crippen molar-refractivity contribution in [1.29, 1.82) is 0 Å². The van der Waals surface area contributed by atoms with Crippen LogP contribution in [0.5, 0.6) is 17.2 Å². The van der Waals surface area contributed by atoms with Crippen LogP contribution in [-0.2, 0) is 0 Å². The minimum Gasteiger partial charge on any atom is -0.493 e. The molecule has 2 heterocycles. The van der Waals surface area contributed by atoms with E-state index in [0.29, 0.717) is 12.4 Å². The fourth-order valence-corrected chi connectivity index (χ4v) is 5.77. The van der Waals surface area contributed by atoms with Crippen LogP contribution < -0.4 is 14.2 Å². The highest BCUT2D eigenvalue weighted by molar-refractivity contribution is 9.11. The molecule has 3 aromatic carbocycles. The van der Waals surface area contributed by atoms with E-state index in [9.17, 15) is 0 Å². The standard InChI is InChI=1S/C27H26Br2N2O3/c1-3-4-12-33-24-11-10-18(13-25(24)32-2)27-31-23(16-22(30-31)17-8-6-5-7-9-17)20-14-19(28)15-21(29)26(20)34-27/h5-11,13-15,23,27H,3-4,12,16H2,1-2H3/t23-,27+/m1/s1. The molecule has 0 N–H and O–H groups in total. The van der Waals surface area contributed by atoms with Crippen LogP contribution in [0.3, 0.4) is 0 Å². The molecule has 5 nitrogen and oxygen atoms in total. The van der Waals surface area contributed by atoms with Gasteiger partial charge in [-0.3, -0.25) is 0 Å². The molecular weight excluding hydrogens is 560 g/mol. The van der Waals surface area contributed by atoms with Crippen molar-refractivity contribution in [3.63, 3.8) is 0 Å². The molecule has 5 rings (SSSR count). The van der Waals surface area contributed by atoms with Crippen molar-refractivity contribution >= 4 is 37.6 Å². The zero-order valence-corrected chi connectivity index (χ0v) is 22.3. The average molecular weight is 586 g/mol. The van der Waals surface area contributed by atoms with Gasteiger partial charge in [-0.1, -0.05) is 59.6 Å². The van der Waals surface area contributed by atoms with Gasteiger partial charge in [-0.05, 0) is 58.2 Å². The first kappa shape index (κ1) is 23.2. The predicted molar refractivity (Wildman–Crippen MR) is 141 cm³/mol. The molecule has 0 saturated carbocycles. The smallest absolute Gasteiger partial charge is 0.214 e. The Morgan fingerprint density at radius 1 is 1.06 bits per heavy atom. The maximum atomic E-state index is 6.59. The quantitative estimate of drug-likeness (QED) is 0.267. The summed E-state index contributed by atoms with van der Waals surface area (Å²) in [7, 11) is 1.67. The van der Waals surface area contributed by atoms with E-state index in [1.54, 1.807) is 7.11 Å². The van der Waals surface area contributed by atoms with E-state index in [1.165, 1.54) is 0 Å². The van der Waals surface area contributed by atoms with Gasteiger partial charge in [-0.15, -0.1) is 0 Å². The number of halogens is 2. The van der Waals surface area contributed by atoms with Gasteiger partial charge in [-0.25, -0.2) is 5.01 Å². The maximum absolute atomic E-state index is 6.59. The number of hydrogen-bond donors (Lipinski definition) is 0. The Bertz CT molecular complexity index is 1220. The number of hydrogen-bond acceptors (Lipinski definition) is 5. The number of methoxy groups -OCH3 is 1. The van der Waals surface area contributed by atoms with E-state index in [1.807, 2.05) is 42.5 Å². The SMILES string of the molecule is CCCCOc1ccc([C@@H]2Oc3c(Br)cc(Br)cc3[C@H]3CC(c4ccccc4)=NN32)cc1OC. The fraction of sp³-hybridized carbons (Fsp3) is 0.296. The predicted octanol–water partition coefficient (Wildman–Crippen LogP) is 7.64. The normalized spacial score (nSPS) is 18.6. The molecule has 0 spiro atoms. The van der Waals surface area contributed by atoms with Crippen LogP contribution in [0.1, 0.15) is 55.1 Å². The lowest BCUT2D eigenvalue weighted by Crippen LogP contribution is -2.34. The van der Waals surface area contributed by atoms with E-state index in [2.05, 4.69) is 62.0 Å². The van der Waals surface area contributed by atoms with Crippen molar-refractivity contribution in [2.75, 3.05) is 13.7 Å². The summed E-state index contributed by atoms with van der Waals surface area (Å²) < 4.78 is 20.1. The Kier molecular flexibility index (Phi) is 6.84. The van der Waals surface area contributed by atoms with E-state index in [4.69, 9.17) is 19.3 Å². The molecule has 7 heteroatoms. The van der Waals surface area contributed by atoms with E-state index >= 15 is 0 Å². The highest BCUT2D eigenvalue weighted by atomic mass is 79.9. The van der Waals surface area contributed by atoms with E-state index in [0.717, 1.165) is 62.1 Å². The zero-order valence-electron chi connectivity index (χ0n) is 19.1. The molecule has 0 bridgehead atoms. The number of unbranched alkanes of at least 4 members (excludes halogenated alkanes) is 1. The van der Waals surface area contributed by atoms with Gasteiger partial charge in [0.05, 0.1) is 29.9 Å². The minimum absolute atomic E-state index is 0.0595. The Morgan fingerprint density at radius 2 is 1.88 bits per heavy atom. The zero-order chi connectivity index (χ0) is 23.7.